The zero-order chi connectivity index (χ0) is 14.6. The Labute approximate surface area is 120 Å². The summed E-state index contributed by atoms with van der Waals surface area (Å²) in [6.45, 7) is 2.22. The van der Waals surface area contributed by atoms with Crippen LogP contribution in [-0.2, 0) is 10.0 Å². The molecule has 0 saturated heterocycles. The summed E-state index contributed by atoms with van der Waals surface area (Å²) in [5, 5.41) is 8.73. The van der Waals surface area contributed by atoms with Crippen LogP contribution in [0.1, 0.15) is 44.6 Å². The van der Waals surface area contributed by atoms with Crippen LogP contribution in [0.3, 0.4) is 0 Å². The first-order valence-electron chi connectivity index (χ1n) is 7.04. The highest BCUT2D eigenvalue weighted by molar-refractivity contribution is 7.89. The second kappa shape index (κ2) is 6.38. The molecule has 0 radical (unpaired) electrons. The topological polar surface area (TPSA) is 70.0 Å². The van der Waals surface area contributed by atoms with Crippen molar-refractivity contribution in [2.45, 2.75) is 50.0 Å². The number of hydrogen-bond acceptors (Lipinski definition) is 3. The van der Waals surface area contributed by atoms with E-state index in [-0.39, 0.29) is 10.9 Å². The van der Waals surface area contributed by atoms with E-state index in [0.717, 1.165) is 25.7 Å². The minimum absolute atomic E-state index is 0.0283. The molecule has 0 bridgehead atoms. The maximum atomic E-state index is 12.3. The third-order valence-electron chi connectivity index (χ3n) is 3.87. The van der Waals surface area contributed by atoms with Gasteiger partial charge in [-0.25, -0.2) is 13.1 Å². The first-order chi connectivity index (χ1) is 9.51. The molecule has 0 amide bonds. The van der Waals surface area contributed by atoms with Crippen molar-refractivity contribution < 1.29 is 8.42 Å². The minimum atomic E-state index is -3.48. The third kappa shape index (κ3) is 3.81. The zero-order valence-corrected chi connectivity index (χ0v) is 12.5. The third-order valence-corrected chi connectivity index (χ3v) is 5.41. The summed E-state index contributed by atoms with van der Waals surface area (Å²) >= 11 is 0. The SMILES string of the molecule is CC1CCCC(NS(=O)(=O)c2ccc(C#N)cc2)CC1. The Balaban J connectivity index is 2.08. The van der Waals surface area contributed by atoms with Gasteiger partial charge in [-0.15, -0.1) is 0 Å². The normalized spacial score (nSPS) is 23.8. The van der Waals surface area contributed by atoms with E-state index in [9.17, 15) is 8.42 Å². The van der Waals surface area contributed by atoms with Gasteiger partial charge in [0.1, 0.15) is 0 Å². The van der Waals surface area contributed by atoms with Crippen LogP contribution in [0, 0.1) is 17.2 Å². The van der Waals surface area contributed by atoms with Gasteiger partial charge in [-0.3, -0.25) is 0 Å². The van der Waals surface area contributed by atoms with Crippen molar-refractivity contribution in [2.24, 2.45) is 5.92 Å². The lowest BCUT2D eigenvalue weighted by molar-refractivity contribution is 0.484. The molecule has 2 atom stereocenters. The summed E-state index contributed by atoms with van der Waals surface area (Å²) < 4.78 is 27.4. The number of sulfonamides is 1. The predicted molar refractivity (Wildman–Crippen MR) is 77.5 cm³/mol. The van der Waals surface area contributed by atoms with Crippen LogP contribution in [0.4, 0.5) is 0 Å². The number of nitrogens with one attached hydrogen (secondary N) is 1. The van der Waals surface area contributed by atoms with E-state index in [1.54, 1.807) is 0 Å². The van der Waals surface area contributed by atoms with E-state index in [1.807, 2.05) is 6.07 Å². The van der Waals surface area contributed by atoms with Gasteiger partial charge in [0.05, 0.1) is 16.5 Å². The highest BCUT2D eigenvalue weighted by Crippen LogP contribution is 2.23. The van der Waals surface area contributed by atoms with Crippen molar-refractivity contribution in [1.29, 1.82) is 5.26 Å². The fourth-order valence-corrected chi connectivity index (χ4v) is 3.91. The largest absolute Gasteiger partial charge is 0.240 e. The second-order valence-corrected chi connectivity index (χ2v) is 7.28. The molecule has 1 aromatic carbocycles. The Hall–Kier alpha value is -1.38. The van der Waals surface area contributed by atoms with E-state index in [1.165, 1.54) is 30.7 Å². The van der Waals surface area contributed by atoms with Gasteiger partial charge in [0, 0.05) is 6.04 Å². The molecule has 108 valence electrons. The Bertz CT molecular complexity index is 587. The first kappa shape index (κ1) is 15.0. The Kier molecular flexibility index (Phi) is 4.79. The molecule has 20 heavy (non-hydrogen) atoms. The predicted octanol–water partition coefficient (Wildman–Crippen LogP) is 2.81. The number of hydrogen-bond donors (Lipinski definition) is 1. The first-order valence-corrected chi connectivity index (χ1v) is 8.52. The number of rotatable bonds is 3. The van der Waals surface area contributed by atoms with E-state index in [4.69, 9.17) is 5.26 Å². The molecule has 0 spiro atoms. The Morgan fingerprint density at radius 2 is 1.85 bits per heavy atom. The van der Waals surface area contributed by atoms with Crippen LogP contribution < -0.4 is 4.72 Å². The molecule has 4 nitrogen and oxygen atoms in total. The van der Waals surface area contributed by atoms with E-state index in [0.29, 0.717) is 11.5 Å². The van der Waals surface area contributed by atoms with Crippen molar-refractivity contribution in [3.63, 3.8) is 0 Å². The fraction of sp³-hybridized carbons (Fsp3) is 0.533. The molecule has 0 aliphatic heterocycles. The second-order valence-electron chi connectivity index (χ2n) is 5.57. The van der Waals surface area contributed by atoms with E-state index < -0.39 is 10.0 Å². The maximum Gasteiger partial charge on any atom is 0.240 e. The summed E-state index contributed by atoms with van der Waals surface area (Å²) in [5.74, 6) is 0.680. The lowest BCUT2D eigenvalue weighted by atomic mass is 10.0. The van der Waals surface area contributed by atoms with E-state index >= 15 is 0 Å². The van der Waals surface area contributed by atoms with Gasteiger partial charge >= 0.3 is 0 Å². The van der Waals surface area contributed by atoms with Gasteiger partial charge in [0.15, 0.2) is 0 Å². The standard InChI is InChI=1S/C15H20N2O2S/c1-12-3-2-4-14(8-5-12)17-20(18,19)15-9-6-13(11-16)7-10-15/h6-7,9-10,12,14,17H,2-5,8H2,1H3. The average molecular weight is 292 g/mol. The molecule has 5 heteroatoms. The summed E-state index contributed by atoms with van der Waals surface area (Å²) in [7, 11) is -3.48. The lowest BCUT2D eigenvalue weighted by Crippen LogP contribution is -2.34. The number of benzene rings is 1. The number of nitriles is 1. The lowest BCUT2D eigenvalue weighted by Gasteiger charge is -2.16. The van der Waals surface area contributed by atoms with Crippen LogP contribution in [0.15, 0.2) is 29.2 Å². The van der Waals surface area contributed by atoms with Crippen molar-refractivity contribution >= 4 is 10.0 Å². The average Bonchev–Trinajstić information content (AvgIpc) is 2.63. The molecule has 1 aliphatic carbocycles. The highest BCUT2D eigenvalue weighted by atomic mass is 32.2. The van der Waals surface area contributed by atoms with Crippen LogP contribution in [0.25, 0.3) is 0 Å². The van der Waals surface area contributed by atoms with Gasteiger partial charge in [-0.2, -0.15) is 5.26 Å². The molecule has 1 N–H and O–H groups in total. The van der Waals surface area contributed by atoms with Gasteiger partial charge in [-0.05, 0) is 49.4 Å². The van der Waals surface area contributed by atoms with Gasteiger partial charge < -0.3 is 0 Å². The van der Waals surface area contributed by atoms with Gasteiger partial charge in [0.2, 0.25) is 10.0 Å². The summed E-state index contributed by atoms with van der Waals surface area (Å²) in [6, 6.07) is 8.05. The molecule has 1 saturated carbocycles. The van der Waals surface area contributed by atoms with Crippen molar-refractivity contribution in [1.82, 2.24) is 4.72 Å². The van der Waals surface area contributed by atoms with E-state index in [2.05, 4.69) is 11.6 Å². The summed E-state index contributed by atoms with van der Waals surface area (Å²) in [4.78, 5) is 0.230. The maximum absolute atomic E-state index is 12.3. The molecule has 0 aromatic heterocycles. The Morgan fingerprint density at radius 1 is 1.15 bits per heavy atom. The molecule has 2 rings (SSSR count). The highest BCUT2D eigenvalue weighted by Gasteiger charge is 2.22. The molecule has 1 aliphatic rings. The summed E-state index contributed by atoms with van der Waals surface area (Å²) in [6.07, 6.45) is 5.12. The monoisotopic (exact) mass is 292 g/mol. The molecule has 1 fully saturated rings. The molecule has 2 unspecified atom stereocenters. The van der Waals surface area contributed by atoms with Crippen molar-refractivity contribution in [2.75, 3.05) is 0 Å². The van der Waals surface area contributed by atoms with Crippen LogP contribution in [0.2, 0.25) is 0 Å². The molecular weight excluding hydrogens is 272 g/mol. The van der Waals surface area contributed by atoms with Gasteiger partial charge in [0.25, 0.3) is 0 Å². The zero-order valence-electron chi connectivity index (χ0n) is 11.7. The number of nitrogens with zero attached hydrogens (tertiary/aromatic N) is 1. The summed E-state index contributed by atoms with van der Waals surface area (Å²) in [5.41, 5.74) is 0.465. The molecular formula is C15H20N2O2S. The van der Waals surface area contributed by atoms with Gasteiger partial charge in [-0.1, -0.05) is 19.8 Å². The molecule has 1 aromatic rings. The van der Waals surface area contributed by atoms with Crippen molar-refractivity contribution in [3.05, 3.63) is 29.8 Å². The van der Waals surface area contributed by atoms with Crippen LogP contribution in [-0.4, -0.2) is 14.5 Å². The van der Waals surface area contributed by atoms with Crippen LogP contribution in [0.5, 0.6) is 0 Å². The fourth-order valence-electron chi connectivity index (χ4n) is 2.60. The van der Waals surface area contributed by atoms with Crippen molar-refractivity contribution in [3.8, 4) is 6.07 Å². The van der Waals surface area contributed by atoms with Crippen LogP contribution >= 0.6 is 0 Å². The smallest absolute Gasteiger partial charge is 0.208 e. The quantitative estimate of drug-likeness (QED) is 0.871. The Morgan fingerprint density at radius 3 is 2.50 bits per heavy atom. The molecule has 0 heterocycles. The minimum Gasteiger partial charge on any atom is -0.208 e.